The number of ether oxygens (including phenoxy) is 4. The van der Waals surface area contributed by atoms with Gasteiger partial charge in [0.05, 0.1) is 28.4 Å². The highest BCUT2D eigenvalue weighted by Crippen LogP contribution is 2.50. The van der Waals surface area contributed by atoms with Crippen LogP contribution < -0.4 is 18.9 Å². The smallest absolute Gasteiger partial charge is 0.298 e. The Hall–Kier alpha value is -1.96. The molecule has 0 unspecified atom stereocenters. The summed E-state index contributed by atoms with van der Waals surface area (Å²) >= 11 is 12.2. The molecule has 2 rings (SSSR count). The van der Waals surface area contributed by atoms with E-state index in [1.54, 1.807) is 0 Å². The van der Waals surface area contributed by atoms with Crippen molar-refractivity contribution in [1.82, 2.24) is 0 Å². The van der Waals surface area contributed by atoms with E-state index in [0.717, 1.165) is 26.4 Å². The summed E-state index contributed by atoms with van der Waals surface area (Å²) in [4.78, 5) is -1.76. The van der Waals surface area contributed by atoms with Gasteiger partial charge in [-0.3, -0.25) is 9.11 Å². The van der Waals surface area contributed by atoms with Crippen molar-refractivity contribution >= 4 is 43.4 Å². The first-order valence-electron chi connectivity index (χ1n) is 7.67. The number of hydrogen-bond acceptors (Lipinski definition) is 8. The van der Waals surface area contributed by atoms with Crippen LogP contribution in [0, 0.1) is 0 Å². The van der Waals surface area contributed by atoms with Gasteiger partial charge in [0.1, 0.15) is 31.3 Å². The SMILES string of the molecule is COc1cc(-c2cc(OC)c(Cl)c(OC)c2S(=O)(=O)O)c(S(=O)(=O)O)c(OC)c1Cl. The molecule has 0 aliphatic heterocycles. The fraction of sp³-hybridized carbons (Fsp3) is 0.250. The lowest BCUT2D eigenvalue weighted by atomic mass is 10.0. The fourth-order valence-corrected chi connectivity index (χ4v) is 5.21. The molecule has 0 fully saturated rings. The van der Waals surface area contributed by atoms with Gasteiger partial charge in [0.25, 0.3) is 20.2 Å². The quantitative estimate of drug-likeness (QED) is 0.540. The van der Waals surface area contributed by atoms with E-state index in [1.807, 2.05) is 0 Å². The number of benzene rings is 2. The van der Waals surface area contributed by atoms with Crippen LogP contribution in [-0.2, 0) is 20.2 Å². The topological polar surface area (TPSA) is 146 Å². The standard InChI is InChI=1S/C16H16Cl2O10S2/c1-25-9-5-7(15(29(19,20)21)13(27-3)11(9)17)8-6-10(26-2)12(18)14(28-4)16(8)30(22,23)24/h5-6H,1-4H3,(H,19,20,21)(H,22,23,24). The summed E-state index contributed by atoms with van der Waals surface area (Å²) in [5, 5.41) is -0.615. The Balaban J connectivity index is 3.27. The van der Waals surface area contributed by atoms with Crippen LogP contribution in [0.15, 0.2) is 21.9 Å². The Morgan fingerprint density at radius 1 is 0.667 bits per heavy atom. The Kier molecular flexibility index (Phi) is 7.01. The Morgan fingerprint density at radius 3 is 1.17 bits per heavy atom. The van der Waals surface area contributed by atoms with Gasteiger partial charge in [0.2, 0.25) is 0 Å². The van der Waals surface area contributed by atoms with Crippen molar-refractivity contribution in [1.29, 1.82) is 0 Å². The first-order chi connectivity index (χ1) is 13.8. The lowest BCUT2D eigenvalue weighted by Crippen LogP contribution is -2.10. The van der Waals surface area contributed by atoms with Gasteiger partial charge in [0, 0.05) is 11.1 Å². The highest BCUT2D eigenvalue weighted by atomic mass is 35.5. The fourth-order valence-electron chi connectivity index (χ4n) is 2.76. The maximum Gasteiger partial charge on any atom is 0.298 e. The number of hydrogen-bond donors (Lipinski definition) is 2. The van der Waals surface area contributed by atoms with E-state index in [0.29, 0.717) is 0 Å². The van der Waals surface area contributed by atoms with E-state index in [4.69, 9.17) is 42.1 Å². The number of rotatable bonds is 7. The summed E-state index contributed by atoms with van der Waals surface area (Å²) in [7, 11) is -5.50. The van der Waals surface area contributed by atoms with Crippen LogP contribution in [0.4, 0.5) is 0 Å². The van der Waals surface area contributed by atoms with Crippen molar-refractivity contribution in [2.45, 2.75) is 9.79 Å². The average Bonchev–Trinajstić information content (AvgIpc) is 2.65. The molecule has 2 aromatic carbocycles. The molecule has 0 heterocycles. The van der Waals surface area contributed by atoms with E-state index < -0.39 is 52.7 Å². The predicted molar refractivity (Wildman–Crippen MR) is 108 cm³/mol. The van der Waals surface area contributed by atoms with Crippen molar-refractivity contribution in [2.75, 3.05) is 28.4 Å². The Bertz CT molecular complexity index is 1110. The van der Waals surface area contributed by atoms with Crippen LogP contribution >= 0.6 is 23.2 Å². The molecular weight excluding hydrogens is 487 g/mol. The molecule has 0 saturated heterocycles. The van der Waals surface area contributed by atoms with Gasteiger partial charge in [-0.2, -0.15) is 16.8 Å². The molecule has 0 amide bonds. The van der Waals surface area contributed by atoms with E-state index in [1.165, 1.54) is 14.2 Å². The second-order valence-corrected chi connectivity index (χ2v) is 9.03. The lowest BCUT2D eigenvalue weighted by molar-refractivity contribution is 0.381. The molecule has 0 aromatic heterocycles. The van der Waals surface area contributed by atoms with Crippen molar-refractivity contribution in [3.8, 4) is 34.1 Å². The van der Waals surface area contributed by atoms with E-state index in [2.05, 4.69) is 0 Å². The van der Waals surface area contributed by atoms with Gasteiger partial charge in [0.15, 0.2) is 11.5 Å². The molecule has 14 heteroatoms. The van der Waals surface area contributed by atoms with Crippen LogP contribution in [0.2, 0.25) is 10.0 Å². The molecule has 0 spiro atoms. The molecule has 0 aliphatic rings. The first-order valence-corrected chi connectivity index (χ1v) is 11.3. The van der Waals surface area contributed by atoms with Crippen LogP contribution in [0.3, 0.4) is 0 Å². The summed E-state index contributed by atoms with van der Waals surface area (Å²) in [5.41, 5.74) is -0.895. The maximum atomic E-state index is 12.2. The second kappa shape index (κ2) is 8.65. The first kappa shape index (κ1) is 24.3. The maximum absolute atomic E-state index is 12.2. The lowest BCUT2D eigenvalue weighted by Gasteiger charge is -2.20. The molecule has 30 heavy (non-hydrogen) atoms. The molecule has 0 radical (unpaired) electrons. The van der Waals surface area contributed by atoms with E-state index >= 15 is 0 Å². The third-order valence-electron chi connectivity index (χ3n) is 3.94. The second-order valence-electron chi connectivity index (χ2n) is 5.56. The van der Waals surface area contributed by atoms with E-state index in [-0.39, 0.29) is 21.5 Å². The molecule has 166 valence electrons. The van der Waals surface area contributed by atoms with Gasteiger partial charge in [-0.15, -0.1) is 0 Å². The zero-order valence-electron chi connectivity index (χ0n) is 15.9. The van der Waals surface area contributed by atoms with Crippen LogP contribution in [0.1, 0.15) is 0 Å². The Labute approximate surface area is 182 Å². The summed E-state index contributed by atoms with van der Waals surface area (Å²) in [5.74, 6) is -1.29. The van der Waals surface area contributed by atoms with Gasteiger partial charge < -0.3 is 18.9 Å². The van der Waals surface area contributed by atoms with Gasteiger partial charge in [-0.05, 0) is 12.1 Å². The van der Waals surface area contributed by atoms with Gasteiger partial charge in [-0.25, -0.2) is 0 Å². The summed E-state index contributed by atoms with van der Waals surface area (Å²) < 4.78 is 88.6. The highest BCUT2D eigenvalue weighted by molar-refractivity contribution is 7.86. The zero-order chi connectivity index (χ0) is 23.0. The molecular formula is C16H16Cl2O10S2. The Morgan fingerprint density at radius 2 is 0.967 bits per heavy atom. The molecule has 2 aromatic rings. The van der Waals surface area contributed by atoms with Crippen LogP contribution in [-0.4, -0.2) is 54.4 Å². The predicted octanol–water partition coefficient (Wildman–Crippen LogP) is 3.19. The minimum absolute atomic E-state index is 0.120. The number of halogens is 2. The summed E-state index contributed by atoms with van der Waals surface area (Å²) in [6, 6.07) is 2.06. The number of methoxy groups -OCH3 is 4. The van der Waals surface area contributed by atoms with Crippen molar-refractivity contribution in [2.24, 2.45) is 0 Å². The summed E-state index contributed by atoms with van der Waals surface area (Å²) in [6.45, 7) is 0. The van der Waals surface area contributed by atoms with Crippen molar-refractivity contribution in [3.05, 3.63) is 22.2 Å². The molecule has 2 N–H and O–H groups in total. The van der Waals surface area contributed by atoms with Crippen LogP contribution in [0.25, 0.3) is 11.1 Å². The minimum atomic E-state index is -5.04. The van der Waals surface area contributed by atoms with Gasteiger partial charge >= 0.3 is 0 Å². The van der Waals surface area contributed by atoms with E-state index in [9.17, 15) is 25.9 Å². The van der Waals surface area contributed by atoms with Gasteiger partial charge in [-0.1, -0.05) is 23.2 Å². The highest BCUT2D eigenvalue weighted by Gasteiger charge is 2.34. The third-order valence-corrected chi connectivity index (χ3v) is 6.50. The molecule has 10 nitrogen and oxygen atoms in total. The normalized spacial score (nSPS) is 11.9. The monoisotopic (exact) mass is 502 g/mol. The summed E-state index contributed by atoms with van der Waals surface area (Å²) in [6.07, 6.45) is 0. The van der Waals surface area contributed by atoms with Crippen molar-refractivity contribution in [3.63, 3.8) is 0 Å². The third kappa shape index (κ3) is 4.24. The molecule has 0 atom stereocenters. The zero-order valence-corrected chi connectivity index (χ0v) is 19.0. The molecule has 0 aliphatic carbocycles. The van der Waals surface area contributed by atoms with Crippen LogP contribution in [0.5, 0.6) is 23.0 Å². The molecule has 0 bridgehead atoms. The largest absolute Gasteiger partial charge is 0.495 e. The average molecular weight is 503 g/mol. The van der Waals surface area contributed by atoms with Crippen molar-refractivity contribution < 1.29 is 44.9 Å². The minimum Gasteiger partial charge on any atom is -0.495 e. The molecule has 0 saturated carbocycles.